The number of halogens is 1. The Labute approximate surface area is 103 Å². The maximum atomic E-state index is 11.9. The van der Waals surface area contributed by atoms with E-state index >= 15 is 0 Å². The van der Waals surface area contributed by atoms with Crippen molar-refractivity contribution < 1.29 is 9.53 Å². The van der Waals surface area contributed by atoms with Gasteiger partial charge in [-0.05, 0) is 19.3 Å². The molecule has 5 heteroatoms. The molecule has 1 saturated heterocycles. The van der Waals surface area contributed by atoms with E-state index in [1.54, 1.807) is 0 Å². The predicted molar refractivity (Wildman–Crippen MR) is 64.9 cm³/mol. The molecule has 16 heavy (non-hydrogen) atoms. The van der Waals surface area contributed by atoms with Gasteiger partial charge >= 0.3 is 0 Å². The van der Waals surface area contributed by atoms with Crippen molar-refractivity contribution in [1.82, 2.24) is 10.2 Å². The second kappa shape index (κ2) is 6.42. The van der Waals surface area contributed by atoms with Crippen LogP contribution in [0.2, 0.25) is 0 Å². The number of carbonyl (C=O) groups excluding carboxylic acids is 1. The number of ether oxygens (including phenoxy) is 1. The van der Waals surface area contributed by atoms with Crippen molar-refractivity contribution in [1.29, 1.82) is 0 Å². The summed E-state index contributed by atoms with van der Waals surface area (Å²) in [7, 11) is 1.92. The number of nitrogens with one attached hydrogen (secondary N) is 1. The molecule has 94 valence electrons. The maximum Gasteiger partial charge on any atom is 0.225 e. The van der Waals surface area contributed by atoms with Crippen LogP contribution in [0.15, 0.2) is 0 Å². The van der Waals surface area contributed by atoms with Crippen LogP contribution >= 0.6 is 12.4 Å². The molecule has 1 atom stereocenters. The highest BCUT2D eigenvalue weighted by Gasteiger charge is 2.27. The van der Waals surface area contributed by atoms with Gasteiger partial charge in [0.1, 0.15) is 0 Å². The summed E-state index contributed by atoms with van der Waals surface area (Å²) in [6.45, 7) is 2.44. The Balaban J connectivity index is 0.00000128. The fourth-order valence-electron chi connectivity index (χ4n) is 2.07. The molecule has 2 fully saturated rings. The molecule has 1 amide bonds. The quantitative estimate of drug-likeness (QED) is 0.803. The van der Waals surface area contributed by atoms with Crippen molar-refractivity contribution in [3.8, 4) is 0 Å². The molecule has 1 N–H and O–H groups in total. The van der Waals surface area contributed by atoms with E-state index in [4.69, 9.17) is 4.74 Å². The van der Waals surface area contributed by atoms with E-state index in [2.05, 4.69) is 5.32 Å². The van der Waals surface area contributed by atoms with E-state index in [-0.39, 0.29) is 24.4 Å². The van der Waals surface area contributed by atoms with Crippen LogP contribution in [-0.2, 0) is 9.53 Å². The van der Waals surface area contributed by atoms with Crippen molar-refractivity contribution in [2.75, 3.05) is 26.7 Å². The van der Waals surface area contributed by atoms with Gasteiger partial charge in [-0.15, -0.1) is 12.4 Å². The largest absolute Gasteiger partial charge is 0.375 e. The molecule has 0 bridgehead atoms. The highest BCUT2D eigenvalue weighted by atomic mass is 35.5. The summed E-state index contributed by atoms with van der Waals surface area (Å²) in [6, 6.07) is 0.494. The Kier molecular flexibility index (Phi) is 5.52. The van der Waals surface area contributed by atoms with Crippen molar-refractivity contribution >= 4 is 18.3 Å². The average molecular weight is 249 g/mol. The third kappa shape index (κ3) is 3.34. The van der Waals surface area contributed by atoms with E-state index in [1.165, 1.54) is 19.3 Å². The predicted octanol–water partition coefficient (Wildman–Crippen LogP) is 0.798. The Hall–Kier alpha value is -0.320. The molecule has 0 aromatic carbocycles. The standard InChI is InChI=1S/C11H20N2O2.ClH/c1-13(9-3-2-4-9)11(14)7-10-8-12-5-6-15-10;/h9-10,12H,2-8H2,1H3;1H. The van der Waals surface area contributed by atoms with Gasteiger partial charge in [0.15, 0.2) is 0 Å². The van der Waals surface area contributed by atoms with Gasteiger partial charge in [0.2, 0.25) is 5.91 Å². The number of hydrogen-bond donors (Lipinski definition) is 1. The molecule has 2 rings (SSSR count). The van der Waals surface area contributed by atoms with Gasteiger partial charge in [0.05, 0.1) is 19.1 Å². The number of rotatable bonds is 3. The first-order valence-electron chi connectivity index (χ1n) is 5.85. The van der Waals surface area contributed by atoms with Crippen LogP contribution in [0, 0.1) is 0 Å². The van der Waals surface area contributed by atoms with Crippen LogP contribution in [0.25, 0.3) is 0 Å². The number of amides is 1. The highest BCUT2D eigenvalue weighted by molar-refractivity contribution is 5.85. The SMILES string of the molecule is CN(C(=O)CC1CNCCO1)C1CCC1.Cl. The van der Waals surface area contributed by atoms with Gasteiger partial charge in [-0.3, -0.25) is 4.79 Å². The van der Waals surface area contributed by atoms with E-state index in [0.717, 1.165) is 19.7 Å². The monoisotopic (exact) mass is 248 g/mol. The normalized spacial score (nSPS) is 25.4. The van der Waals surface area contributed by atoms with Crippen LogP contribution in [0.1, 0.15) is 25.7 Å². The maximum absolute atomic E-state index is 11.9. The summed E-state index contributed by atoms with van der Waals surface area (Å²) in [5, 5.41) is 3.24. The van der Waals surface area contributed by atoms with Crippen LogP contribution in [0.4, 0.5) is 0 Å². The first-order chi connectivity index (χ1) is 7.27. The second-order valence-electron chi connectivity index (χ2n) is 4.49. The molecule has 2 aliphatic rings. The lowest BCUT2D eigenvalue weighted by Crippen LogP contribution is -2.45. The Morgan fingerprint density at radius 3 is 2.75 bits per heavy atom. The molecule has 1 unspecified atom stereocenters. The summed E-state index contributed by atoms with van der Waals surface area (Å²) in [4.78, 5) is 13.8. The molecule has 1 aliphatic heterocycles. The van der Waals surface area contributed by atoms with Gasteiger partial charge in [-0.2, -0.15) is 0 Å². The lowest BCUT2D eigenvalue weighted by Gasteiger charge is -2.35. The number of carbonyl (C=O) groups is 1. The lowest BCUT2D eigenvalue weighted by atomic mass is 9.91. The third-order valence-electron chi connectivity index (χ3n) is 3.42. The Bertz CT molecular complexity index is 228. The molecular formula is C11H21ClN2O2. The number of nitrogens with zero attached hydrogens (tertiary/aromatic N) is 1. The van der Waals surface area contributed by atoms with E-state index in [9.17, 15) is 4.79 Å². The zero-order valence-electron chi connectivity index (χ0n) is 9.78. The highest BCUT2D eigenvalue weighted by Crippen LogP contribution is 2.24. The lowest BCUT2D eigenvalue weighted by molar-refractivity contribution is -0.137. The molecule has 1 aliphatic carbocycles. The molecule has 0 aromatic heterocycles. The molecule has 1 saturated carbocycles. The summed E-state index contributed by atoms with van der Waals surface area (Å²) in [5.41, 5.74) is 0. The Morgan fingerprint density at radius 2 is 2.25 bits per heavy atom. The first-order valence-corrected chi connectivity index (χ1v) is 5.85. The minimum absolute atomic E-state index is 0. The van der Waals surface area contributed by atoms with Gasteiger partial charge in [-0.1, -0.05) is 0 Å². The van der Waals surface area contributed by atoms with Crippen molar-refractivity contribution in [3.05, 3.63) is 0 Å². The zero-order chi connectivity index (χ0) is 10.7. The minimum atomic E-state index is 0. The third-order valence-corrected chi connectivity index (χ3v) is 3.42. The summed E-state index contributed by atoms with van der Waals surface area (Å²) >= 11 is 0. The van der Waals surface area contributed by atoms with Crippen molar-refractivity contribution in [2.45, 2.75) is 37.8 Å². The van der Waals surface area contributed by atoms with E-state index in [0.29, 0.717) is 12.5 Å². The second-order valence-corrected chi connectivity index (χ2v) is 4.49. The zero-order valence-corrected chi connectivity index (χ0v) is 10.6. The molecule has 4 nitrogen and oxygen atoms in total. The van der Waals surface area contributed by atoms with E-state index in [1.807, 2.05) is 11.9 Å². The fourth-order valence-corrected chi connectivity index (χ4v) is 2.07. The topological polar surface area (TPSA) is 41.6 Å². The van der Waals surface area contributed by atoms with E-state index < -0.39 is 0 Å². The smallest absolute Gasteiger partial charge is 0.225 e. The van der Waals surface area contributed by atoms with Gasteiger partial charge in [0.25, 0.3) is 0 Å². The summed E-state index contributed by atoms with van der Waals surface area (Å²) in [6.07, 6.45) is 4.22. The van der Waals surface area contributed by atoms with Crippen LogP contribution in [0.5, 0.6) is 0 Å². The summed E-state index contributed by atoms with van der Waals surface area (Å²) < 4.78 is 5.52. The molecule has 0 aromatic rings. The van der Waals surface area contributed by atoms with Gasteiger partial charge < -0.3 is 15.0 Å². The van der Waals surface area contributed by atoms with Crippen molar-refractivity contribution in [2.24, 2.45) is 0 Å². The molecule has 0 radical (unpaired) electrons. The average Bonchev–Trinajstić information content (AvgIpc) is 2.16. The first kappa shape index (κ1) is 13.7. The van der Waals surface area contributed by atoms with Gasteiger partial charge in [0, 0.05) is 26.2 Å². The van der Waals surface area contributed by atoms with Crippen molar-refractivity contribution in [3.63, 3.8) is 0 Å². The molecule has 0 spiro atoms. The van der Waals surface area contributed by atoms with Crippen LogP contribution in [0.3, 0.4) is 0 Å². The number of hydrogen-bond acceptors (Lipinski definition) is 3. The molecule has 1 heterocycles. The van der Waals surface area contributed by atoms with Crippen LogP contribution < -0.4 is 5.32 Å². The van der Waals surface area contributed by atoms with Gasteiger partial charge in [-0.25, -0.2) is 0 Å². The number of morpholine rings is 1. The fraction of sp³-hybridized carbons (Fsp3) is 0.909. The molecular weight excluding hydrogens is 228 g/mol. The summed E-state index contributed by atoms with van der Waals surface area (Å²) in [5.74, 6) is 0.230. The minimum Gasteiger partial charge on any atom is -0.375 e. The Morgan fingerprint density at radius 1 is 1.50 bits per heavy atom. The van der Waals surface area contributed by atoms with Crippen LogP contribution in [-0.4, -0.2) is 49.7 Å².